The summed E-state index contributed by atoms with van der Waals surface area (Å²) in [5.41, 5.74) is 1.41. The minimum Gasteiger partial charge on any atom is -0.356 e. The molecule has 140 valence electrons. The zero-order valence-corrected chi connectivity index (χ0v) is 16.3. The van der Waals surface area contributed by atoms with Gasteiger partial charge in [-0.3, -0.25) is 4.99 Å². The number of rotatable bonds is 4. The van der Waals surface area contributed by atoms with E-state index in [1.54, 1.807) is 12.4 Å². The van der Waals surface area contributed by atoms with E-state index in [1.807, 2.05) is 24.5 Å². The SMILES string of the molecule is CN=C(NCCc1csc2ccccc12)N1CCN(c2ncccn2)CC1. The quantitative estimate of drug-likeness (QED) is 0.557. The Morgan fingerprint density at radius 1 is 1.11 bits per heavy atom. The average molecular weight is 381 g/mol. The molecular weight excluding hydrogens is 356 g/mol. The van der Waals surface area contributed by atoms with Gasteiger partial charge in [-0.15, -0.1) is 11.3 Å². The van der Waals surface area contributed by atoms with Crippen molar-refractivity contribution in [3.8, 4) is 0 Å². The Morgan fingerprint density at radius 3 is 2.67 bits per heavy atom. The summed E-state index contributed by atoms with van der Waals surface area (Å²) < 4.78 is 1.36. The lowest BCUT2D eigenvalue weighted by Gasteiger charge is -2.36. The van der Waals surface area contributed by atoms with E-state index in [-0.39, 0.29) is 0 Å². The van der Waals surface area contributed by atoms with E-state index in [4.69, 9.17) is 0 Å². The molecule has 3 heterocycles. The van der Waals surface area contributed by atoms with Gasteiger partial charge in [0.05, 0.1) is 0 Å². The average Bonchev–Trinajstić information content (AvgIpc) is 3.15. The summed E-state index contributed by atoms with van der Waals surface area (Å²) in [6, 6.07) is 10.5. The third-order valence-electron chi connectivity index (χ3n) is 4.86. The van der Waals surface area contributed by atoms with Gasteiger partial charge in [-0.05, 0) is 34.9 Å². The molecule has 0 aliphatic carbocycles. The van der Waals surface area contributed by atoms with Crippen LogP contribution in [-0.2, 0) is 6.42 Å². The highest BCUT2D eigenvalue weighted by Gasteiger charge is 2.20. The number of hydrogen-bond donors (Lipinski definition) is 1. The number of aliphatic imine (C=N–C) groups is 1. The van der Waals surface area contributed by atoms with Gasteiger partial charge in [0.25, 0.3) is 0 Å². The van der Waals surface area contributed by atoms with E-state index in [0.717, 1.165) is 51.1 Å². The number of anilines is 1. The monoisotopic (exact) mass is 380 g/mol. The Labute approximate surface area is 163 Å². The number of fused-ring (bicyclic) bond motifs is 1. The van der Waals surface area contributed by atoms with Crippen LogP contribution in [-0.4, -0.2) is 60.6 Å². The minimum absolute atomic E-state index is 0.810. The first-order valence-electron chi connectivity index (χ1n) is 9.28. The number of hydrogen-bond acceptors (Lipinski definition) is 5. The van der Waals surface area contributed by atoms with Crippen molar-refractivity contribution in [1.82, 2.24) is 20.2 Å². The van der Waals surface area contributed by atoms with Gasteiger partial charge in [0.15, 0.2) is 5.96 Å². The van der Waals surface area contributed by atoms with Gasteiger partial charge >= 0.3 is 0 Å². The Morgan fingerprint density at radius 2 is 1.89 bits per heavy atom. The first-order valence-corrected chi connectivity index (χ1v) is 10.2. The molecule has 1 aliphatic rings. The first-order chi connectivity index (χ1) is 13.3. The Kier molecular flexibility index (Phi) is 5.48. The van der Waals surface area contributed by atoms with Gasteiger partial charge in [-0.25, -0.2) is 9.97 Å². The third-order valence-corrected chi connectivity index (χ3v) is 5.88. The molecule has 7 heteroatoms. The number of guanidine groups is 1. The molecule has 1 aromatic carbocycles. The normalized spacial score (nSPS) is 15.4. The van der Waals surface area contributed by atoms with Crippen molar-refractivity contribution in [3.05, 3.63) is 53.7 Å². The van der Waals surface area contributed by atoms with Crippen LogP contribution >= 0.6 is 11.3 Å². The van der Waals surface area contributed by atoms with Crippen molar-refractivity contribution >= 4 is 33.3 Å². The largest absolute Gasteiger partial charge is 0.356 e. The second kappa shape index (κ2) is 8.35. The number of aromatic nitrogens is 2. The molecular formula is C20H24N6S. The van der Waals surface area contributed by atoms with Gasteiger partial charge in [-0.2, -0.15) is 0 Å². The van der Waals surface area contributed by atoms with E-state index in [1.165, 1.54) is 15.6 Å². The summed E-state index contributed by atoms with van der Waals surface area (Å²) in [5, 5.41) is 7.17. The summed E-state index contributed by atoms with van der Waals surface area (Å²) in [5.74, 6) is 1.78. The summed E-state index contributed by atoms with van der Waals surface area (Å²) in [6.07, 6.45) is 4.59. The fourth-order valence-electron chi connectivity index (χ4n) is 3.44. The lowest BCUT2D eigenvalue weighted by atomic mass is 10.1. The van der Waals surface area contributed by atoms with Gasteiger partial charge in [0.1, 0.15) is 0 Å². The maximum Gasteiger partial charge on any atom is 0.225 e. The van der Waals surface area contributed by atoms with Crippen molar-refractivity contribution in [2.24, 2.45) is 4.99 Å². The molecule has 6 nitrogen and oxygen atoms in total. The Bertz CT molecular complexity index is 899. The predicted octanol–water partition coefficient (Wildman–Crippen LogP) is 2.63. The van der Waals surface area contributed by atoms with Crippen LogP contribution in [0.5, 0.6) is 0 Å². The molecule has 4 rings (SSSR count). The predicted molar refractivity (Wildman–Crippen MR) is 113 cm³/mol. The molecule has 1 fully saturated rings. The number of nitrogens with zero attached hydrogens (tertiary/aromatic N) is 5. The van der Waals surface area contributed by atoms with Gasteiger partial charge in [0, 0.05) is 56.9 Å². The highest BCUT2D eigenvalue weighted by Crippen LogP contribution is 2.25. The van der Waals surface area contributed by atoms with E-state index in [9.17, 15) is 0 Å². The fraction of sp³-hybridized carbons (Fsp3) is 0.350. The van der Waals surface area contributed by atoms with Crippen molar-refractivity contribution in [2.75, 3.05) is 44.7 Å². The maximum atomic E-state index is 4.47. The van der Waals surface area contributed by atoms with Gasteiger partial charge in [-0.1, -0.05) is 18.2 Å². The Balaban J connectivity index is 1.30. The summed E-state index contributed by atoms with van der Waals surface area (Å²) in [6.45, 7) is 4.52. The molecule has 0 bridgehead atoms. The zero-order chi connectivity index (χ0) is 18.5. The lowest BCUT2D eigenvalue weighted by molar-refractivity contribution is 0.370. The molecule has 0 amide bonds. The van der Waals surface area contributed by atoms with Crippen LogP contribution in [0.2, 0.25) is 0 Å². The summed E-state index contributed by atoms with van der Waals surface area (Å²) in [4.78, 5) is 17.7. The maximum absolute atomic E-state index is 4.47. The molecule has 0 saturated carbocycles. The Hall–Kier alpha value is -2.67. The van der Waals surface area contributed by atoms with Crippen LogP contribution in [0.25, 0.3) is 10.1 Å². The number of thiophene rings is 1. The highest BCUT2D eigenvalue weighted by molar-refractivity contribution is 7.17. The summed E-state index contributed by atoms with van der Waals surface area (Å²) >= 11 is 1.82. The van der Waals surface area contributed by atoms with Crippen molar-refractivity contribution in [3.63, 3.8) is 0 Å². The van der Waals surface area contributed by atoms with Crippen molar-refractivity contribution in [2.45, 2.75) is 6.42 Å². The second-order valence-corrected chi connectivity index (χ2v) is 7.42. The van der Waals surface area contributed by atoms with E-state index in [0.29, 0.717) is 0 Å². The van der Waals surface area contributed by atoms with E-state index in [2.05, 4.69) is 59.7 Å². The van der Waals surface area contributed by atoms with Gasteiger partial charge < -0.3 is 15.1 Å². The molecule has 1 N–H and O–H groups in total. The molecule has 0 unspecified atom stereocenters. The van der Waals surface area contributed by atoms with Crippen LogP contribution in [0, 0.1) is 0 Å². The molecule has 27 heavy (non-hydrogen) atoms. The molecule has 0 radical (unpaired) electrons. The van der Waals surface area contributed by atoms with E-state index < -0.39 is 0 Å². The fourth-order valence-corrected chi connectivity index (χ4v) is 4.44. The highest BCUT2D eigenvalue weighted by atomic mass is 32.1. The van der Waals surface area contributed by atoms with Gasteiger partial charge in [0.2, 0.25) is 5.95 Å². The smallest absolute Gasteiger partial charge is 0.225 e. The first kappa shape index (κ1) is 17.7. The molecule has 1 saturated heterocycles. The van der Waals surface area contributed by atoms with Crippen LogP contribution in [0.3, 0.4) is 0 Å². The number of nitrogens with one attached hydrogen (secondary N) is 1. The summed E-state index contributed by atoms with van der Waals surface area (Å²) in [7, 11) is 1.86. The number of piperazine rings is 1. The molecule has 2 aromatic heterocycles. The van der Waals surface area contributed by atoms with Crippen LogP contribution in [0.15, 0.2) is 53.1 Å². The second-order valence-electron chi connectivity index (χ2n) is 6.50. The van der Waals surface area contributed by atoms with Crippen LogP contribution in [0.4, 0.5) is 5.95 Å². The zero-order valence-electron chi connectivity index (χ0n) is 15.5. The van der Waals surface area contributed by atoms with Crippen LogP contribution in [0.1, 0.15) is 5.56 Å². The number of benzene rings is 1. The van der Waals surface area contributed by atoms with Crippen LogP contribution < -0.4 is 10.2 Å². The van der Waals surface area contributed by atoms with Crippen molar-refractivity contribution in [1.29, 1.82) is 0 Å². The molecule has 3 aromatic rings. The third kappa shape index (κ3) is 4.03. The topological polar surface area (TPSA) is 56.7 Å². The molecule has 1 aliphatic heterocycles. The van der Waals surface area contributed by atoms with E-state index >= 15 is 0 Å². The molecule has 0 atom stereocenters. The lowest BCUT2D eigenvalue weighted by Crippen LogP contribution is -2.53. The van der Waals surface area contributed by atoms with Crippen molar-refractivity contribution < 1.29 is 0 Å². The molecule has 0 spiro atoms. The standard InChI is InChI=1S/C20H24N6S/c1-21-19(24-10-7-16-15-27-18-6-3-2-5-17(16)18)25-11-13-26(14-12-25)20-22-8-4-9-23-20/h2-6,8-9,15H,7,10-14H2,1H3,(H,21,24). The minimum atomic E-state index is 0.810.